The Kier molecular flexibility index (Phi) is 9.85. The quantitative estimate of drug-likeness (QED) is 0.507. The molecule has 0 aliphatic rings. The molecule has 11 heavy (non-hydrogen) atoms. The van der Waals surface area contributed by atoms with Crippen molar-refractivity contribution in [2.45, 2.75) is 32.6 Å². The van der Waals surface area contributed by atoms with Crippen molar-refractivity contribution in [3.05, 3.63) is 0 Å². The Labute approximate surface area is 69.9 Å². The third-order valence-electron chi connectivity index (χ3n) is 1.59. The van der Waals surface area contributed by atoms with E-state index in [0.29, 0.717) is 0 Å². The van der Waals surface area contributed by atoms with E-state index in [4.69, 9.17) is 9.47 Å². The van der Waals surface area contributed by atoms with E-state index >= 15 is 0 Å². The van der Waals surface area contributed by atoms with Gasteiger partial charge in [-0.15, -0.1) is 0 Å². The molecule has 0 aromatic carbocycles. The molecule has 0 aromatic rings. The molecule has 0 heterocycles. The Hall–Kier alpha value is -0.0800. The summed E-state index contributed by atoms with van der Waals surface area (Å²) in [6.07, 6.45) is 4.91. The highest BCUT2D eigenvalue weighted by molar-refractivity contribution is 4.41. The van der Waals surface area contributed by atoms with Gasteiger partial charge in [-0.25, -0.2) is 0 Å². The summed E-state index contributed by atoms with van der Waals surface area (Å²) in [6, 6.07) is 0. The lowest BCUT2D eigenvalue weighted by molar-refractivity contribution is 0.141. The highest BCUT2D eigenvalue weighted by atomic mass is 16.5. The average molecular weight is 160 g/mol. The van der Waals surface area contributed by atoms with Gasteiger partial charge in [0.05, 0.1) is 0 Å². The van der Waals surface area contributed by atoms with Gasteiger partial charge in [-0.1, -0.05) is 12.8 Å². The van der Waals surface area contributed by atoms with Gasteiger partial charge in [0, 0.05) is 26.9 Å². The molecule has 68 valence electrons. The Morgan fingerprint density at radius 1 is 0.909 bits per heavy atom. The second-order valence-electron chi connectivity index (χ2n) is 2.60. The van der Waals surface area contributed by atoms with Gasteiger partial charge in [0.15, 0.2) is 0 Å². The summed E-state index contributed by atoms with van der Waals surface area (Å²) in [6.45, 7) is 4.70. The summed E-state index contributed by atoms with van der Waals surface area (Å²) < 4.78 is 10.1. The minimum absolute atomic E-state index is 0.845. The van der Waals surface area contributed by atoms with Gasteiger partial charge >= 0.3 is 0 Å². The van der Waals surface area contributed by atoms with E-state index in [1.165, 1.54) is 25.7 Å². The standard InChI is InChI=1S/C9H20O2/c1-3-11-9-7-5-4-6-8-10-2/h3-9H2,1-2H3. The van der Waals surface area contributed by atoms with Crippen LogP contribution in [0.25, 0.3) is 0 Å². The summed E-state index contributed by atoms with van der Waals surface area (Å²) in [5.74, 6) is 0. The van der Waals surface area contributed by atoms with Crippen LogP contribution < -0.4 is 0 Å². The number of hydrogen-bond donors (Lipinski definition) is 0. The normalized spacial score (nSPS) is 10.4. The van der Waals surface area contributed by atoms with Crippen molar-refractivity contribution in [1.82, 2.24) is 0 Å². The smallest absolute Gasteiger partial charge is 0.0465 e. The molecule has 0 saturated heterocycles. The molecule has 2 heteroatoms. The Bertz CT molecular complexity index is 56.6. The Morgan fingerprint density at radius 3 is 2.09 bits per heavy atom. The molecule has 0 aromatic heterocycles. The summed E-state index contributed by atoms with van der Waals surface area (Å²) in [7, 11) is 1.75. The fourth-order valence-electron chi connectivity index (χ4n) is 0.948. The molecule has 0 atom stereocenters. The molecular formula is C9H20O2. The minimum Gasteiger partial charge on any atom is -0.385 e. The molecule has 0 spiro atoms. The van der Waals surface area contributed by atoms with Gasteiger partial charge in [-0.2, -0.15) is 0 Å². The van der Waals surface area contributed by atoms with Crippen molar-refractivity contribution in [3.63, 3.8) is 0 Å². The van der Waals surface area contributed by atoms with Gasteiger partial charge in [-0.05, 0) is 19.8 Å². The van der Waals surface area contributed by atoms with Crippen LogP contribution in [0.1, 0.15) is 32.6 Å². The minimum atomic E-state index is 0.845. The van der Waals surface area contributed by atoms with E-state index in [-0.39, 0.29) is 0 Å². The average Bonchev–Trinajstić information content (AvgIpc) is 2.03. The van der Waals surface area contributed by atoms with Crippen LogP contribution in [0.2, 0.25) is 0 Å². The maximum absolute atomic E-state index is 5.21. The van der Waals surface area contributed by atoms with E-state index in [9.17, 15) is 0 Å². The number of rotatable bonds is 8. The first-order valence-corrected chi connectivity index (χ1v) is 4.48. The molecule has 0 aliphatic heterocycles. The molecule has 0 aliphatic carbocycles. The second-order valence-corrected chi connectivity index (χ2v) is 2.60. The molecule has 0 fully saturated rings. The van der Waals surface area contributed by atoms with Gasteiger partial charge in [0.1, 0.15) is 0 Å². The third-order valence-corrected chi connectivity index (χ3v) is 1.59. The van der Waals surface area contributed by atoms with Crippen molar-refractivity contribution in [2.75, 3.05) is 26.9 Å². The number of ether oxygens (including phenoxy) is 2. The summed E-state index contributed by atoms with van der Waals surface area (Å²) in [4.78, 5) is 0. The van der Waals surface area contributed by atoms with Crippen LogP contribution in [0, 0.1) is 0 Å². The van der Waals surface area contributed by atoms with Crippen LogP contribution in [0.15, 0.2) is 0 Å². The molecule has 2 nitrogen and oxygen atoms in total. The van der Waals surface area contributed by atoms with Crippen LogP contribution in [0.3, 0.4) is 0 Å². The lowest BCUT2D eigenvalue weighted by atomic mass is 10.2. The molecule has 0 rings (SSSR count). The van der Waals surface area contributed by atoms with Crippen molar-refractivity contribution >= 4 is 0 Å². The molecule has 0 radical (unpaired) electrons. The topological polar surface area (TPSA) is 18.5 Å². The van der Waals surface area contributed by atoms with Crippen molar-refractivity contribution in [2.24, 2.45) is 0 Å². The van der Waals surface area contributed by atoms with Crippen LogP contribution in [-0.2, 0) is 9.47 Å². The van der Waals surface area contributed by atoms with Gasteiger partial charge in [0.2, 0.25) is 0 Å². The fraction of sp³-hybridized carbons (Fsp3) is 1.00. The largest absolute Gasteiger partial charge is 0.385 e. The number of unbranched alkanes of at least 4 members (excludes halogenated alkanes) is 3. The Balaban J connectivity index is 2.69. The van der Waals surface area contributed by atoms with Crippen LogP contribution >= 0.6 is 0 Å². The molecule has 0 N–H and O–H groups in total. The zero-order valence-corrected chi connectivity index (χ0v) is 7.77. The van der Waals surface area contributed by atoms with Crippen LogP contribution in [-0.4, -0.2) is 26.9 Å². The molecule has 0 bridgehead atoms. The van der Waals surface area contributed by atoms with Crippen LogP contribution in [0.5, 0.6) is 0 Å². The highest BCUT2D eigenvalue weighted by Gasteiger charge is 1.88. The van der Waals surface area contributed by atoms with E-state index in [1.54, 1.807) is 7.11 Å². The van der Waals surface area contributed by atoms with Gasteiger partial charge in [-0.3, -0.25) is 0 Å². The number of methoxy groups -OCH3 is 1. The van der Waals surface area contributed by atoms with Gasteiger partial charge < -0.3 is 9.47 Å². The summed E-state index contributed by atoms with van der Waals surface area (Å²) >= 11 is 0. The lowest BCUT2D eigenvalue weighted by Gasteiger charge is -2.00. The first kappa shape index (κ1) is 10.9. The summed E-state index contributed by atoms with van der Waals surface area (Å²) in [5.41, 5.74) is 0. The first-order chi connectivity index (χ1) is 5.41. The first-order valence-electron chi connectivity index (χ1n) is 4.48. The maximum Gasteiger partial charge on any atom is 0.0465 e. The lowest BCUT2D eigenvalue weighted by Crippen LogP contribution is -1.94. The Morgan fingerprint density at radius 2 is 1.55 bits per heavy atom. The van der Waals surface area contributed by atoms with E-state index < -0.39 is 0 Å². The molecular weight excluding hydrogens is 140 g/mol. The molecule has 0 saturated carbocycles. The van der Waals surface area contributed by atoms with E-state index in [2.05, 4.69) is 0 Å². The van der Waals surface area contributed by atoms with Crippen molar-refractivity contribution in [3.8, 4) is 0 Å². The molecule has 0 amide bonds. The maximum atomic E-state index is 5.21. The predicted molar refractivity (Wildman–Crippen MR) is 46.8 cm³/mol. The van der Waals surface area contributed by atoms with Gasteiger partial charge in [0.25, 0.3) is 0 Å². The van der Waals surface area contributed by atoms with Crippen molar-refractivity contribution in [1.29, 1.82) is 0 Å². The highest BCUT2D eigenvalue weighted by Crippen LogP contribution is 1.99. The van der Waals surface area contributed by atoms with E-state index in [1.807, 2.05) is 6.92 Å². The second kappa shape index (κ2) is 9.92. The molecule has 0 unspecified atom stereocenters. The predicted octanol–water partition coefficient (Wildman–Crippen LogP) is 2.23. The zero-order valence-electron chi connectivity index (χ0n) is 7.77. The SMILES string of the molecule is CCOCCCCCCOC. The number of hydrogen-bond acceptors (Lipinski definition) is 2. The van der Waals surface area contributed by atoms with Crippen molar-refractivity contribution < 1.29 is 9.47 Å². The third kappa shape index (κ3) is 9.92. The van der Waals surface area contributed by atoms with Crippen LogP contribution in [0.4, 0.5) is 0 Å². The fourth-order valence-corrected chi connectivity index (χ4v) is 0.948. The zero-order chi connectivity index (χ0) is 8.36. The monoisotopic (exact) mass is 160 g/mol. The van der Waals surface area contributed by atoms with E-state index in [0.717, 1.165) is 19.8 Å². The summed E-state index contributed by atoms with van der Waals surface area (Å²) in [5, 5.41) is 0.